The van der Waals surface area contributed by atoms with Gasteiger partial charge in [-0.25, -0.2) is 4.68 Å². The van der Waals surface area contributed by atoms with Crippen molar-refractivity contribution in [2.45, 2.75) is 25.9 Å². The fourth-order valence-electron chi connectivity index (χ4n) is 2.56. The van der Waals surface area contributed by atoms with Gasteiger partial charge in [0.05, 0.1) is 18.0 Å². The van der Waals surface area contributed by atoms with Gasteiger partial charge in [-0.15, -0.1) is 0 Å². The van der Waals surface area contributed by atoms with Gasteiger partial charge in [-0.1, -0.05) is 24.2 Å². The number of rotatable bonds is 5. The number of hydrogen-bond donors (Lipinski definition) is 1. The third kappa shape index (κ3) is 3.93. The maximum Gasteiger partial charge on any atom is 0.266 e. The monoisotopic (exact) mass is 340 g/mol. The van der Waals surface area contributed by atoms with E-state index >= 15 is 0 Å². The highest BCUT2D eigenvalue weighted by atomic mass is 16.6. The molecule has 1 aromatic carbocycles. The molecular weight excluding hydrogens is 320 g/mol. The molecule has 1 aromatic heterocycles. The number of carbonyl (C=O) groups is 1. The van der Waals surface area contributed by atoms with Crippen LogP contribution in [0, 0.1) is 0 Å². The number of oxime groups is 1. The predicted octanol–water partition coefficient (Wildman–Crippen LogP) is 1.73. The van der Waals surface area contributed by atoms with Gasteiger partial charge in [0.25, 0.3) is 11.5 Å². The molecule has 25 heavy (non-hydrogen) atoms. The minimum Gasteiger partial charge on any atom is -0.390 e. The number of benzene rings is 1. The van der Waals surface area contributed by atoms with Gasteiger partial charge < -0.3 is 10.2 Å². The summed E-state index contributed by atoms with van der Waals surface area (Å²) in [4.78, 5) is 28.9. The van der Waals surface area contributed by atoms with Crippen LogP contribution < -0.4 is 10.9 Å². The van der Waals surface area contributed by atoms with Crippen molar-refractivity contribution in [2.24, 2.45) is 12.2 Å². The fourth-order valence-corrected chi connectivity index (χ4v) is 2.56. The number of carbonyl (C=O) groups excluding carboxylic acids is 1. The molecule has 0 bridgehead atoms. The maximum absolute atomic E-state index is 12.2. The average Bonchev–Trinajstić information content (AvgIpc) is 3.10. The highest BCUT2D eigenvalue weighted by molar-refractivity contribution is 5.94. The molecular formula is C18H20N4O3. The normalized spacial score (nSPS) is 16.2. The second-order valence-electron chi connectivity index (χ2n) is 5.91. The molecule has 2 heterocycles. The molecule has 0 saturated heterocycles. The summed E-state index contributed by atoms with van der Waals surface area (Å²) in [6.45, 7) is 2.46. The Balaban J connectivity index is 1.61. The van der Waals surface area contributed by atoms with Crippen LogP contribution >= 0.6 is 0 Å². The van der Waals surface area contributed by atoms with E-state index in [1.807, 2.05) is 19.1 Å². The lowest BCUT2D eigenvalue weighted by atomic mass is 10.1. The molecule has 1 atom stereocenters. The van der Waals surface area contributed by atoms with Crippen LogP contribution in [0.2, 0.25) is 0 Å². The molecule has 1 N–H and O–H groups in total. The molecule has 0 saturated carbocycles. The van der Waals surface area contributed by atoms with Crippen molar-refractivity contribution in [2.75, 3.05) is 6.54 Å². The summed E-state index contributed by atoms with van der Waals surface area (Å²) >= 11 is 0. The molecule has 130 valence electrons. The molecule has 0 aliphatic carbocycles. The first-order chi connectivity index (χ1) is 12.1. The van der Waals surface area contributed by atoms with Crippen molar-refractivity contribution in [1.82, 2.24) is 15.1 Å². The Morgan fingerprint density at radius 3 is 2.68 bits per heavy atom. The number of nitrogens with zero attached hydrogens (tertiary/aromatic N) is 3. The molecule has 3 rings (SSSR count). The quantitative estimate of drug-likeness (QED) is 0.898. The van der Waals surface area contributed by atoms with Gasteiger partial charge in [0, 0.05) is 30.7 Å². The fraction of sp³-hybridized carbons (Fsp3) is 0.333. The summed E-state index contributed by atoms with van der Waals surface area (Å²) in [6, 6.07) is 10.2. The number of hydrogen-bond acceptors (Lipinski definition) is 5. The summed E-state index contributed by atoms with van der Waals surface area (Å²) in [5, 5.41) is 11.0. The Hall–Kier alpha value is -2.96. The predicted molar refractivity (Wildman–Crippen MR) is 94.5 cm³/mol. The summed E-state index contributed by atoms with van der Waals surface area (Å²) in [5.41, 5.74) is 2.94. The van der Waals surface area contributed by atoms with E-state index in [1.165, 1.54) is 10.7 Å². The van der Waals surface area contributed by atoms with Gasteiger partial charge in [0.1, 0.15) is 6.10 Å². The summed E-state index contributed by atoms with van der Waals surface area (Å²) in [7, 11) is 1.60. The van der Waals surface area contributed by atoms with Gasteiger partial charge >= 0.3 is 0 Å². The second kappa shape index (κ2) is 7.29. The summed E-state index contributed by atoms with van der Waals surface area (Å²) in [6.07, 6.45) is 1.53. The van der Waals surface area contributed by atoms with Crippen molar-refractivity contribution < 1.29 is 9.63 Å². The van der Waals surface area contributed by atoms with E-state index in [2.05, 4.69) is 15.6 Å². The van der Waals surface area contributed by atoms with E-state index in [-0.39, 0.29) is 17.6 Å². The number of amides is 1. The van der Waals surface area contributed by atoms with Gasteiger partial charge in [0.2, 0.25) is 0 Å². The summed E-state index contributed by atoms with van der Waals surface area (Å²) in [5.74, 6) is -0.159. The van der Waals surface area contributed by atoms with Crippen molar-refractivity contribution >= 4 is 11.6 Å². The lowest BCUT2D eigenvalue weighted by Crippen LogP contribution is -2.32. The maximum atomic E-state index is 12.2. The average molecular weight is 340 g/mol. The lowest BCUT2D eigenvalue weighted by molar-refractivity contribution is 0.0753. The second-order valence-corrected chi connectivity index (χ2v) is 5.91. The zero-order valence-corrected chi connectivity index (χ0v) is 14.2. The van der Waals surface area contributed by atoms with Crippen molar-refractivity contribution in [3.8, 4) is 11.3 Å². The number of nitrogens with one attached hydrogen (secondary N) is 1. The van der Waals surface area contributed by atoms with E-state index < -0.39 is 0 Å². The standard InChI is InChI=1S/C18H20N4O3/c1-3-14-10-15(25-21-14)11-19-18(24)13-6-4-12(5-7-13)16-8-9-17(23)22(2)20-16/h4-9,15H,3,10-11H2,1-2H3,(H,19,24)/t15-/m1/s1. The number of aryl methyl sites for hydroxylation is 1. The highest BCUT2D eigenvalue weighted by Gasteiger charge is 2.20. The molecule has 0 radical (unpaired) electrons. The van der Waals surface area contributed by atoms with Crippen LogP contribution in [-0.4, -0.2) is 34.0 Å². The third-order valence-electron chi connectivity index (χ3n) is 4.10. The molecule has 1 aliphatic heterocycles. The Kier molecular flexibility index (Phi) is 4.92. The molecule has 2 aromatic rings. The molecule has 7 nitrogen and oxygen atoms in total. The first-order valence-electron chi connectivity index (χ1n) is 8.21. The van der Waals surface area contributed by atoms with Crippen LogP contribution in [0.1, 0.15) is 30.1 Å². The summed E-state index contributed by atoms with van der Waals surface area (Å²) < 4.78 is 1.28. The van der Waals surface area contributed by atoms with Crippen LogP contribution in [0.3, 0.4) is 0 Å². The molecule has 1 amide bonds. The van der Waals surface area contributed by atoms with Gasteiger partial charge in [0.15, 0.2) is 0 Å². The van der Waals surface area contributed by atoms with E-state index in [9.17, 15) is 9.59 Å². The molecule has 0 unspecified atom stereocenters. The van der Waals surface area contributed by atoms with Gasteiger partial charge in [-0.05, 0) is 24.6 Å². The van der Waals surface area contributed by atoms with Crippen LogP contribution in [0.4, 0.5) is 0 Å². The zero-order valence-electron chi connectivity index (χ0n) is 14.2. The van der Waals surface area contributed by atoms with E-state index in [0.29, 0.717) is 17.8 Å². The lowest BCUT2D eigenvalue weighted by Gasteiger charge is -2.10. The topological polar surface area (TPSA) is 85.6 Å². The van der Waals surface area contributed by atoms with Gasteiger partial charge in [-0.2, -0.15) is 5.10 Å². The minimum atomic E-state index is -0.163. The van der Waals surface area contributed by atoms with Crippen LogP contribution in [0.5, 0.6) is 0 Å². The smallest absolute Gasteiger partial charge is 0.266 e. The van der Waals surface area contributed by atoms with E-state index in [1.54, 1.807) is 25.2 Å². The molecule has 7 heteroatoms. The van der Waals surface area contributed by atoms with Crippen LogP contribution in [0.15, 0.2) is 46.3 Å². The highest BCUT2D eigenvalue weighted by Crippen LogP contribution is 2.16. The van der Waals surface area contributed by atoms with Crippen molar-refractivity contribution in [1.29, 1.82) is 0 Å². The van der Waals surface area contributed by atoms with Crippen molar-refractivity contribution in [3.05, 3.63) is 52.3 Å². The molecule has 0 spiro atoms. The van der Waals surface area contributed by atoms with Crippen molar-refractivity contribution in [3.63, 3.8) is 0 Å². The largest absolute Gasteiger partial charge is 0.390 e. The SMILES string of the molecule is CCC1=NO[C@@H](CNC(=O)c2ccc(-c3ccc(=O)n(C)n3)cc2)C1. The Labute approximate surface area is 145 Å². The Bertz CT molecular complexity index is 855. The Morgan fingerprint density at radius 2 is 2.04 bits per heavy atom. The van der Waals surface area contributed by atoms with Crippen LogP contribution in [-0.2, 0) is 11.9 Å². The number of aromatic nitrogens is 2. The third-order valence-corrected chi connectivity index (χ3v) is 4.10. The molecule has 1 aliphatic rings. The first kappa shape index (κ1) is 16.9. The molecule has 0 fully saturated rings. The van der Waals surface area contributed by atoms with E-state index in [4.69, 9.17) is 4.84 Å². The van der Waals surface area contributed by atoms with Gasteiger partial charge in [-0.3, -0.25) is 9.59 Å². The zero-order chi connectivity index (χ0) is 17.8. The first-order valence-corrected chi connectivity index (χ1v) is 8.21. The Morgan fingerprint density at radius 1 is 1.28 bits per heavy atom. The van der Waals surface area contributed by atoms with Crippen LogP contribution in [0.25, 0.3) is 11.3 Å². The minimum absolute atomic E-state index is 0.0898. The van der Waals surface area contributed by atoms with E-state index in [0.717, 1.165) is 24.1 Å².